The fourth-order valence-electron chi connectivity index (χ4n) is 2.07. The Morgan fingerprint density at radius 1 is 1.17 bits per heavy atom. The van der Waals surface area contributed by atoms with Gasteiger partial charge < -0.3 is 19.7 Å². The molecule has 1 aromatic rings. The molecule has 0 spiro atoms. The number of carbonyl (C=O) groups excluding carboxylic acids is 2. The third-order valence-corrected chi connectivity index (χ3v) is 3.27. The zero-order chi connectivity index (χ0) is 18.2. The van der Waals surface area contributed by atoms with Crippen LogP contribution in [0.1, 0.15) is 39.7 Å². The van der Waals surface area contributed by atoms with Gasteiger partial charge in [-0.1, -0.05) is 12.1 Å². The van der Waals surface area contributed by atoms with E-state index in [2.05, 4.69) is 5.32 Å². The van der Waals surface area contributed by atoms with Crippen molar-refractivity contribution >= 4 is 12.0 Å². The molecule has 0 bridgehead atoms. The lowest BCUT2D eigenvalue weighted by Gasteiger charge is -2.22. The minimum Gasteiger partial charge on any atom is -0.497 e. The van der Waals surface area contributed by atoms with Gasteiger partial charge in [-0.05, 0) is 45.4 Å². The van der Waals surface area contributed by atoms with Crippen LogP contribution in [0.4, 0.5) is 4.79 Å². The highest BCUT2D eigenvalue weighted by Crippen LogP contribution is 2.13. The second-order valence-corrected chi connectivity index (χ2v) is 6.43. The fraction of sp³-hybridized carbons (Fsp3) is 0.556. The van der Waals surface area contributed by atoms with Crippen molar-refractivity contribution < 1.29 is 19.1 Å². The molecule has 0 atom stereocenters. The minimum absolute atomic E-state index is 0.00984. The van der Waals surface area contributed by atoms with Gasteiger partial charge >= 0.3 is 6.09 Å². The Labute approximate surface area is 144 Å². The van der Waals surface area contributed by atoms with Gasteiger partial charge in [-0.25, -0.2) is 4.79 Å². The molecule has 2 amide bonds. The van der Waals surface area contributed by atoms with Crippen molar-refractivity contribution in [2.45, 2.75) is 46.3 Å². The van der Waals surface area contributed by atoms with E-state index in [-0.39, 0.29) is 18.9 Å². The Bertz CT molecular complexity index is 535. The first kappa shape index (κ1) is 19.8. The summed E-state index contributed by atoms with van der Waals surface area (Å²) >= 11 is 0. The van der Waals surface area contributed by atoms with Gasteiger partial charge in [0.15, 0.2) is 0 Å². The second-order valence-electron chi connectivity index (χ2n) is 6.43. The molecule has 134 valence electrons. The number of alkyl carbamates (subject to hydrolysis) is 1. The Balaban J connectivity index is 2.44. The molecule has 0 fully saturated rings. The quantitative estimate of drug-likeness (QED) is 0.831. The molecular formula is C18H28N2O4. The molecule has 0 aliphatic carbocycles. The molecule has 0 aromatic heterocycles. The lowest BCUT2D eigenvalue weighted by molar-refractivity contribution is -0.131. The maximum absolute atomic E-state index is 12.3. The van der Waals surface area contributed by atoms with Crippen molar-refractivity contribution in [3.8, 4) is 5.75 Å². The molecule has 0 unspecified atom stereocenters. The standard InChI is InChI=1S/C18H28N2O4/c1-6-20(13-14-7-9-15(23-5)10-8-14)16(21)11-12-19-17(22)24-18(2,3)4/h7-10H,6,11-13H2,1-5H3,(H,19,22). The number of methoxy groups -OCH3 is 1. The highest BCUT2D eigenvalue weighted by molar-refractivity contribution is 5.77. The summed E-state index contributed by atoms with van der Waals surface area (Å²) in [6, 6.07) is 7.62. The predicted molar refractivity (Wildman–Crippen MR) is 92.9 cm³/mol. The average molecular weight is 336 g/mol. The predicted octanol–water partition coefficient (Wildman–Crippen LogP) is 2.96. The summed E-state index contributed by atoms with van der Waals surface area (Å²) in [6.07, 6.45) is -0.267. The molecule has 0 aliphatic rings. The van der Waals surface area contributed by atoms with Crippen molar-refractivity contribution in [3.63, 3.8) is 0 Å². The molecule has 0 saturated carbocycles. The lowest BCUT2D eigenvalue weighted by Crippen LogP contribution is -2.36. The number of carbonyl (C=O) groups is 2. The molecule has 0 aliphatic heterocycles. The Kier molecular flexibility index (Phi) is 7.55. The largest absolute Gasteiger partial charge is 0.497 e. The summed E-state index contributed by atoms with van der Waals surface area (Å²) in [5, 5.41) is 2.60. The van der Waals surface area contributed by atoms with Crippen molar-refractivity contribution in [2.24, 2.45) is 0 Å². The smallest absolute Gasteiger partial charge is 0.407 e. The zero-order valence-corrected chi connectivity index (χ0v) is 15.2. The number of rotatable bonds is 7. The van der Waals surface area contributed by atoms with Crippen LogP contribution in [0.25, 0.3) is 0 Å². The zero-order valence-electron chi connectivity index (χ0n) is 15.2. The van der Waals surface area contributed by atoms with Crippen molar-refractivity contribution in [1.29, 1.82) is 0 Å². The van der Waals surface area contributed by atoms with Crippen LogP contribution in [0.15, 0.2) is 24.3 Å². The van der Waals surface area contributed by atoms with Crippen LogP contribution in [-0.4, -0.2) is 42.7 Å². The number of nitrogens with zero attached hydrogens (tertiary/aromatic N) is 1. The SMILES string of the molecule is CCN(Cc1ccc(OC)cc1)C(=O)CCNC(=O)OC(C)(C)C. The van der Waals surface area contributed by atoms with Crippen LogP contribution in [0, 0.1) is 0 Å². The highest BCUT2D eigenvalue weighted by atomic mass is 16.6. The Morgan fingerprint density at radius 3 is 2.29 bits per heavy atom. The van der Waals surface area contributed by atoms with E-state index in [9.17, 15) is 9.59 Å². The third-order valence-electron chi connectivity index (χ3n) is 3.27. The van der Waals surface area contributed by atoms with E-state index >= 15 is 0 Å². The van der Waals surface area contributed by atoms with Crippen LogP contribution in [0.2, 0.25) is 0 Å². The van der Waals surface area contributed by atoms with Crippen molar-refractivity contribution in [2.75, 3.05) is 20.2 Å². The maximum atomic E-state index is 12.3. The number of hydrogen-bond donors (Lipinski definition) is 1. The van der Waals surface area contributed by atoms with E-state index in [1.54, 1.807) is 32.8 Å². The summed E-state index contributed by atoms with van der Waals surface area (Å²) in [5.41, 5.74) is 0.490. The normalized spacial score (nSPS) is 10.9. The molecule has 24 heavy (non-hydrogen) atoms. The van der Waals surface area contributed by atoms with Crippen LogP contribution in [-0.2, 0) is 16.1 Å². The van der Waals surface area contributed by atoms with Gasteiger partial charge in [0.1, 0.15) is 11.4 Å². The number of amides is 2. The fourth-order valence-corrected chi connectivity index (χ4v) is 2.07. The summed E-state index contributed by atoms with van der Waals surface area (Å²) in [6.45, 7) is 8.72. The number of hydrogen-bond acceptors (Lipinski definition) is 4. The molecule has 6 heteroatoms. The first-order valence-electron chi connectivity index (χ1n) is 8.12. The number of nitrogens with one attached hydrogen (secondary N) is 1. The Hall–Kier alpha value is -2.24. The highest BCUT2D eigenvalue weighted by Gasteiger charge is 2.17. The van der Waals surface area contributed by atoms with E-state index in [1.807, 2.05) is 31.2 Å². The van der Waals surface area contributed by atoms with Crippen LogP contribution >= 0.6 is 0 Å². The van der Waals surface area contributed by atoms with E-state index in [1.165, 1.54) is 0 Å². The second kappa shape index (κ2) is 9.15. The number of benzene rings is 1. The van der Waals surface area contributed by atoms with E-state index < -0.39 is 11.7 Å². The first-order chi connectivity index (χ1) is 11.2. The van der Waals surface area contributed by atoms with Gasteiger partial charge in [0.2, 0.25) is 5.91 Å². The number of ether oxygens (including phenoxy) is 2. The van der Waals surface area contributed by atoms with Crippen molar-refractivity contribution in [1.82, 2.24) is 10.2 Å². The molecule has 0 saturated heterocycles. The van der Waals surface area contributed by atoms with Gasteiger partial charge in [0.05, 0.1) is 7.11 Å². The van der Waals surface area contributed by atoms with Gasteiger partial charge in [-0.2, -0.15) is 0 Å². The molecule has 0 radical (unpaired) electrons. The summed E-state index contributed by atoms with van der Waals surface area (Å²) in [5.74, 6) is 0.777. The summed E-state index contributed by atoms with van der Waals surface area (Å²) < 4.78 is 10.3. The molecule has 1 N–H and O–H groups in total. The van der Waals surface area contributed by atoms with E-state index in [0.717, 1.165) is 11.3 Å². The summed E-state index contributed by atoms with van der Waals surface area (Å²) in [4.78, 5) is 25.6. The monoisotopic (exact) mass is 336 g/mol. The van der Waals surface area contributed by atoms with Gasteiger partial charge in [-0.15, -0.1) is 0 Å². The van der Waals surface area contributed by atoms with Crippen molar-refractivity contribution in [3.05, 3.63) is 29.8 Å². The Morgan fingerprint density at radius 2 is 1.79 bits per heavy atom. The minimum atomic E-state index is -0.544. The molecule has 1 aromatic carbocycles. The topological polar surface area (TPSA) is 67.9 Å². The average Bonchev–Trinajstić information content (AvgIpc) is 2.51. The lowest BCUT2D eigenvalue weighted by atomic mass is 10.2. The maximum Gasteiger partial charge on any atom is 0.407 e. The van der Waals surface area contributed by atoms with Crippen LogP contribution in [0.3, 0.4) is 0 Å². The molecule has 0 heterocycles. The first-order valence-corrected chi connectivity index (χ1v) is 8.12. The van der Waals surface area contributed by atoms with E-state index in [0.29, 0.717) is 13.1 Å². The molecule has 1 rings (SSSR count). The molecule has 6 nitrogen and oxygen atoms in total. The third kappa shape index (κ3) is 7.35. The van der Waals surface area contributed by atoms with Crippen LogP contribution in [0.5, 0.6) is 5.75 Å². The summed E-state index contributed by atoms with van der Waals surface area (Å²) in [7, 11) is 1.62. The van der Waals surface area contributed by atoms with Crippen LogP contribution < -0.4 is 10.1 Å². The van der Waals surface area contributed by atoms with Gasteiger partial charge in [0, 0.05) is 26.1 Å². The van der Waals surface area contributed by atoms with Gasteiger partial charge in [-0.3, -0.25) is 4.79 Å². The molecular weight excluding hydrogens is 308 g/mol. The van der Waals surface area contributed by atoms with Gasteiger partial charge in [0.25, 0.3) is 0 Å². The van der Waals surface area contributed by atoms with E-state index in [4.69, 9.17) is 9.47 Å².